The van der Waals surface area contributed by atoms with Crippen LogP contribution in [0.1, 0.15) is 5.76 Å². The zero-order chi connectivity index (χ0) is 11.5. The zero-order valence-corrected chi connectivity index (χ0v) is 8.27. The highest BCUT2D eigenvalue weighted by molar-refractivity contribution is 5.62. The van der Waals surface area contributed by atoms with Crippen LogP contribution < -0.4 is 0 Å². The van der Waals surface area contributed by atoms with Crippen molar-refractivity contribution in [1.82, 2.24) is 0 Å². The van der Waals surface area contributed by atoms with E-state index in [-0.39, 0.29) is 12.3 Å². The van der Waals surface area contributed by atoms with E-state index in [1.165, 1.54) is 12.1 Å². The van der Waals surface area contributed by atoms with Gasteiger partial charge >= 0.3 is 0 Å². The number of benzene rings is 1. The van der Waals surface area contributed by atoms with E-state index in [0.29, 0.717) is 17.1 Å². The summed E-state index contributed by atoms with van der Waals surface area (Å²) in [6, 6.07) is 7.52. The summed E-state index contributed by atoms with van der Waals surface area (Å²) in [5.41, 5.74) is 0.530. The second-order valence-corrected chi connectivity index (χ2v) is 3.20. The largest absolute Gasteiger partial charge is 0.459 e. The average Bonchev–Trinajstić information content (AvgIpc) is 2.77. The van der Waals surface area contributed by atoms with E-state index in [1.54, 1.807) is 18.2 Å². The normalized spacial score (nSPS) is 10.1. The van der Waals surface area contributed by atoms with Gasteiger partial charge in [0.2, 0.25) is 5.69 Å². The quantitative estimate of drug-likeness (QED) is 0.784. The first-order valence-electron chi connectivity index (χ1n) is 4.61. The summed E-state index contributed by atoms with van der Waals surface area (Å²) >= 11 is 0. The Kier molecular flexibility index (Phi) is 2.71. The summed E-state index contributed by atoms with van der Waals surface area (Å²) in [6.45, 7) is 6.53. The number of aliphatic hydroxyl groups excluding tert-OH is 1. The maximum atomic E-state index is 13.3. The fraction of sp³-hybridized carbons (Fsp3) is 0.0833. The van der Waals surface area contributed by atoms with Crippen LogP contribution in [0.3, 0.4) is 0 Å². The minimum atomic E-state index is -0.575. The van der Waals surface area contributed by atoms with Crippen LogP contribution in [0.4, 0.5) is 10.1 Å². The Bertz CT molecular complexity index is 554. The van der Waals surface area contributed by atoms with E-state index < -0.39 is 5.82 Å². The van der Waals surface area contributed by atoms with Gasteiger partial charge in [-0.3, -0.25) is 0 Å². The van der Waals surface area contributed by atoms with E-state index in [2.05, 4.69) is 4.85 Å². The molecule has 0 aliphatic heterocycles. The van der Waals surface area contributed by atoms with Gasteiger partial charge in [-0.15, -0.1) is 0 Å². The molecule has 3 nitrogen and oxygen atoms in total. The fourth-order valence-electron chi connectivity index (χ4n) is 1.37. The third-order valence-corrected chi connectivity index (χ3v) is 2.17. The van der Waals surface area contributed by atoms with Gasteiger partial charge in [0.15, 0.2) is 0 Å². The number of hydrogen-bond donors (Lipinski definition) is 1. The molecule has 0 saturated heterocycles. The predicted octanol–water partition coefficient (Wildman–Crippen LogP) is 3.13. The smallest absolute Gasteiger partial charge is 0.222 e. The van der Waals surface area contributed by atoms with Crippen LogP contribution >= 0.6 is 0 Å². The van der Waals surface area contributed by atoms with E-state index in [9.17, 15) is 4.39 Å². The topological polar surface area (TPSA) is 37.7 Å². The Balaban J connectivity index is 2.42. The summed E-state index contributed by atoms with van der Waals surface area (Å²) in [5.74, 6) is 0.318. The Morgan fingerprint density at radius 1 is 1.31 bits per heavy atom. The third kappa shape index (κ3) is 1.81. The third-order valence-electron chi connectivity index (χ3n) is 2.17. The van der Waals surface area contributed by atoms with Crippen molar-refractivity contribution in [2.75, 3.05) is 0 Å². The molecule has 1 aromatic heterocycles. The van der Waals surface area contributed by atoms with Crippen molar-refractivity contribution in [2.24, 2.45) is 0 Å². The molecule has 4 heteroatoms. The lowest BCUT2D eigenvalue weighted by Crippen LogP contribution is -1.79. The molecule has 1 N–H and O–H groups in total. The van der Waals surface area contributed by atoms with Gasteiger partial charge in [0, 0.05) is 5.56 Å². The molecule has 16 heavy (non-hydrogen) atoms. The lowest BCUT2D eigenvalue weighted by Gasteiger charge is -1.98. The lowest BCUT2D eigenvalue weighted by molar-refractivity contribution is 0.248. The van der Waals surface area contributed by atoms with Crippen LogP contribution in [0.15, 0.2) is 34.7 Å². The van der Waals surface area contributed by atoms with E-state index in [0.717, 1.165) is 0 Å². The maximum Gasteiger partial charge on any atom is 0.222 e. The summed E-state index contributed by atoms with van der Waals surface area (Å²) in [6.07, 6.45) is 0. The van der Waals surface area contributed by atoms with Crippen LogP contribution in [0.5, 0.6) is 0 Å². The standard InChI is InChI=1S/C12H8FNO2/c1-14-11-4-2-8(6-10(11)13)12-5-3-9(7-15)16-12/h2-6,15H,7H2. The Labute approximate surface area is 91.6 Å². The number of halogens is 1. The maximum absolute atomic E-state index is 13.3. The summed E-state index contributed by atoms with van der Waals surface area (Å²) < 4.78 is 18.6. The molecule has 0 atom stereocenters. The second-order valence-electron chi connectivity index (χ2n) is 3.20. The van der Waals surface area contributed by atoms with Crippen molar-refractivity contribution in [2.45, 2.75) is 6.61 Å². The molecule has 0 aliphatic carbocycles. The molecule has 0 saturated carbocycles. The lowest BCUT2D eigenvalue weighted by atomic mass is 10.1. The molecule has 80 valence electrons. The summed E-state index contributed by atoms with van der Waals surface area (Å²) in [5, 5.41) is 8.83. The monoisotopic (exact) mass is 217 g/mol. The number of furan rings is 1. The number of hydrogen-bond acceptors (Lipinski definition) is 2. The Morgan fingerprint density at radius 2 is 2.12 bits per heavy atom. The van der Waals surface area contributed by atoms with Crippen LogP contribution in [0, 0.1) is 12.4 Å². The van der Waals surface area contributed by atoms with Gasteiger partial charge in [-0.25, -0.2) is 9.24 Å². The second kappa shape index (κ2) is 4.17. The minimum absolute atomic E-state index is 0.0160. The van der Waals surface area contributed by atoms with Crippen molar-refractivity contribution in [3.8, 4) is 11.3 Å². The highest BCUT2D eigenvalue weighted by atomic mass is 19.1. The molecule has 0 aliphatic rings. The predicted molar refractivity (Wildman–Crippen MR) is 56.3 cm³/mol. The molecule has 2 rings (SSSR count). The highest BCUT2D eigenvalue weighted by Crippen LogP contribution is 2.27. The highest BCUT2D eigenvalue weighted by Gasteiger charge is 2.08. The summed E-state index contributed by atoms with van der Waals surface area (Å²) in [4.78, 5) is 3.03. The zero-order valence-electron chi connectivity index (χ0n) is 8.27. The first-order valence-corrected chi connectivity index (χ1v) is 4.61. The molecular formula is C12H8FNO2. The first kappa shape index (κ1) is 10.4. The molecule has 1 heterocycles. The van der Waals surface area contributed by atoms with Gasteiger partial charge in [-0.1, -0.05) is 12.1 Å². The van der Waals surface area contributed by atoms with Crippen molar-refractivity contribution in [3.63, 3.8) is 0 Å². The van der Waals surface area contributed by atoms with Gasteiger partial charge in [-0.05, 0) is 18.2 Å². The van der Waals surface area contributed by atoms with Crippen LogP contribution in [0.2, 0.25) is 0 Å². The molecule has 2 aromatic rings. The molecule has 0 radical (unpaired) electrons. The minimum Gasteiger partial charge on any atom is -0.459 e. The first-order chi connectivity index (χ1) is 7.74. The molecule has 0 fully saturated rings. The SMILES string of the molecule is [C-]#[N+]c1ccc(-c2ccc(CO)o2)cc1F. The van der Waals surface area contributed by atoms with E-state index in [4.69, 9.17) is 16.1 Å². The van der Waals surface area contributed by atoms with Gasteiger partial charge in [0.05, 0.1) is 6.57 Å². The Morgan fingerprint density at radius 3 is 2.69 bits per heavy atom. The van der Waals surface area contributed by atoms with Crippen LogP contribution in [-0.2, 0) is 6.61 Å². The van der Waals surface area contributed by atoms with Crippen LogP contribution in [-0.4, -0.2) is 5.11 Å². The average molecular weight is 217 g/mol. The van der Waals surface area contributed by atoms with Gasteiger partial charge in [0.1, 0.15) is 23.9 Å². The van der Waals surface area contributed by atoms with Crippen molar-refractivity contribution < 1.29 is 13.9 Å². The number of rotatable bonds is 2. The summed E-state index contributed by atoms with van der Waals surface area (Å²) in [7, 11) is 0. The number of aliphatic hydroxyl groups is 1. The van der Waals surface area contributed by atoms with Crippen molar-refractivity contribution in [1.29, 1.82) is 0 Å². The van der Waals surface area contributed by atoms with Gasteiger partial charge < -0.3 is 9.52 Å². The van der Waals surface area contributed by atoms with Crippen molar-refractivity contribution in [3.05, 3.63) is 53.3 Å². The molecule has 0 amide bonds. The van der Waals surface area contributed by atoms with Crippen LogP contribution in [0.25, 0.3) is 16.2 Å². The van der Waals surface area contributed by atoms with Gasteiger partial charge in [0.25, 0.3) is 0 Å². The fourth-order valence-corrected chi connectivity index (χ4v) is 1.37. The van der Waals surface area contributed by atoms with Gasteiger partial charge in [-0.2, -0.15) is 0 Å². The molecular weight excluding hydrogens is 209 g/mol. The Hall–Kier alpha value is -2.12. The molecule has 1 aromatic carbocycles. The van der Waals surface area contributed by atoms with E-state index >= 15 is 0 Å². The molecule has 0 spiro atoms. The van der Waals surface area contributed by atoms with E-state index in [1.807, 2.05) is 0 Å². The molecule has 0 bridgehead atoms. The number of nitrogens with zero attached hydrogens (tertiary/aromatic N) is 1. The van der Waals surface area contributed by atoms with Crippen molar-refractivity contribution >= 4 is 5.69 Å². The molecule has 0 unspecified atom stereocenters.